The van der Waals surface area contributed by atoms with Gasteiger partial charge in [-0.05, 0) is 56.0 Å². The molecule has 0 bridgehead atoms. The molecule has 1 saturated carbocycles. The first-order valence-electron chi connectivity index (χ1n) is 10.9. The number of aromatic nitrogens is 1. The van der Waals surface area contributed by atoms with Crippen LogP contribution in [0, 0.1) is 17.3 Å². The second kappa shape index (κ2) is 7.24. The maximum atomic E-state index is 12.7. The zero-order chi connectivity index (χ0) is 20.9. The minimum absolute atomic E-state index is 0.0412. The summed E-state index contributed by atoms with van der Waals surface area (Å²) in [6.07, 6.45) is 8.29. The number of hydrogen-bond donors (Lipinski definition) is 2. The Morgan fingerprint density at radius 3 is 2.97 bits per heavy atom. The SMILES string of the molecule is CC1=C2[C@H]3OC(=O)C(CNCCc4c[nH]c5ccccc45)[C@@H]3CC[C@@]2(C)C=CC1=O. The standard InChI is InChI=1S/C25H28N2O3/c1-15-21(28)8-11-25(2)10-7-18-19(24(29)30-23(18)22(15)25)14-26-12-9-16-13-27-20-6-4-3-5-17(16)20/h3-6,8,11,13,18-19,23,26-27H,7,9-10,12,14H2,1-2H3/t18-,19?,23-,25-/m0/s1. The van der Waals surface area contributed by atoms with Gasteiger partial charge in [0.15, 0.2) is 5.78 Å². The van der Waals surface area contributed by atoms with E-state index in [0.29, 0.717) is 6.54 Å². The molecule has 4 atom stereocenters. The number of esters is 1. The Hall–Kier alpha value is -2.66. The van der Waals surface area contributed by atoms with Gasteiger partial charge in [0, 0.05) is 40.6 Å². The van der Waals surface area contributed by atoms with E-state index in [0.717, 1.165) is 42.5 Å². The predicted molar refractivity (Wildman–Crippen MR) is 116 cm³/mol. The van der Waals surface area contributed by atoms with Crippen LogP contribution in [0.4, 0.5) is 0 Å². The molecule has 2 aromatic rings. The fourth-order valence-corrected chi connectivity index (χ4v) is 5.62. The topological polar surface area (TPSA) is 71.2 Å². The van der Waals surface area contributed by atoms with Crippen molar-refractivity contribution in [3.8, 4) is 0 Å². The third-order valence-corrected chi connectivity index (χ3v) is 7.33. The number of H-pyrrole nitrogens is 1. The molecule has 30 heavy (non-hydrogen) atoms. The highest BCUT2D eigenvalue weighted by Crippen LogP contribution is 2.52. The van der Waals surface area contributed by atoms with E-state index in [-0.39, 0.29) is 35.1 Å². The van der Waals surface area contributed by atoms with Crippen LogP contribution in [0.5, 0.6) is 0 Å². The number of aromatic amines is 1. The molecule has 1 aliphatic heterocycles. The molecule has 0 amide bonds. The Morgan fingerprint density at radius 1 is 1.27 bits per heavy atom. The number of allylic oxidation sites excluding steroid dienone is 3. The summed E-state index contributed by atoms with van der Waals surface area (Å²) in [7, 11) is 0. The Balaban J connectivity index is 1.25. The third kappa shape index (κ3) is 3.03. The molecular formula is C25H28N2O3. The van der Waals surface area contributed by atoms with Crippen molar-refractivity contribution in [2.75, 3.05) is 13.1 Å². The van der Waals surface area contributed by atoms with Gasteiger partial charge in [0.1, 0.15) is 6.10 Å². The highest BCUT2D eigenvalue weighted by atomic mass is 16.6. The lowest BCUT2D eigenvalue weighted by atomic mass is 9.61. The van der Waals surface area contributed by atoms with E-state index in [9.17, 15) is 9.59 Å². The van der Waals surface area contributed by atoms with Crippen LogP contribution in [0.15, 0.2) is 53.8 Å². The van der Waals surface area contributed by atoms with Gasteiger partial charge < -0.3 is 15.0 Å². The maximum absolute atomic E-state index is 12.7. The van der Waals surface area contributed by atoms with Crippen molar-refractivity contribution in [1.29, 1.82) is 0 Å². The van der Waals surface area contributed by atoms with Crippen LogP contribution in [0.25, 0.3) is 10.9 Å². The smallest absolute Gasteiger partial charge is 0.311 e. The fraction of sp³-hybridized carbons (Fsp3) is 0.440. The minimum Gasteiger partial charge on any atom is -0.457 e. The Kier molecular flexibility index (Phi) is 4.66. The number of benzene rings is 1. The molecule has 0 radical (unpaired) electrons. The molecule has 5 rings (SSSR count). The van der Waals surface area contributed by atoms with Crippen molar-refractivity contribution in [3.63, 3.8) is 0 Å². The number of hydrogen-bond acceptors (Lipinski definition) is 4. The average Bonchev–Trinajstić information content (AvgIpc) is 3.29. The molecule has 2 aliphatic carbocycles. The molecule has 2 fully saturated rings. The molecule has 1 saturated heterocycles. The fourth-order valence-electron chi connectivity index (χ4n) is 5.62. The van der Waals surface area contributed by atoms with E-state index < -0.39 is 0 Å². The number of rotatable bonds is 5. The zero-order valence-electron chi connectivity index (χ0n) is 17.5. The van der Waals surface area contributed by atoms with Crippen LogP contribution in [-0.2, 0) is 20.7 Å². The number of carbonyl (C=O) groups excluding carboxylic acids is 2. The summed E-state index contributed by atoms with van der Waals surface area (Å²) in [4.78, 5) is 28.3. The maximum Gasteiger partial charge on any atom is 0.311 e. The van der Waals surface area contributed by atoms with Crippen molar-refractivity contribution in [3.05, 3.63) is 59.3 Å². The predicted octanol–water partition coefficient (Wildman–Crippen LogP) is 3.71. The largest absolute Gasteiger partial charge is 0.457 e. The molecule has 1 aromatic heterocycles. The number of para-hydroxylation sites is 1. The minimum atomic E-state index is -0.259. The molecule has 2 N–H and O–H groups in total. The zero-order valence-corrected chi connectivity index (χ0v) is 17.5. The van der Waals surface area contributed by atoms with E-state index in [2.05, 4.69) is 41.6 Å². The van der Waals surface area contributed by atoms with Crippen molar-refractivity contribution in [2.45, 2.75) is 39.2 Å². The van der Waals surface area contributed by atoms with Gasteiger partial charge in [-0.25, -0.2) is 0 Å². The van der Waals surface area contributed by atoms with Gasteiger partial charge in [-0.15, -0.1) is 0 Å². The van der Waals surface area contributed by atoms with Gasteiger partial charge in [-0.3, -0.25) is 9.59 Å². The van der Waals surface area contributed by atoms with E-state index in [1.54, 1.807) is 6.08 Å². The first kappa shape index (κ1) is 19.3. The van der Waals surface area contributed by atoms with Crippen molar-refractivity contribution < 1.29 is 14.3 Å². The monoisotopic (exact) mass is 404 g/mol. The number of nitrogens with one attached hydrogen (secondary N) is 2. The number of ketones is 1. The normalized spacial score (nSPS) is 30.5. The van der Waals surface area contributed by atoms with E-state index in [4.69, 9.17) is 4.74 Å². The van der Waals surface area contributed by atoms with Crippen molar-refractivity contribution in [2.24, 2.45) is 17.3 Å². The van der Waals surface area contributed by atoms with Crippen LogP contribution in [0.2, 0.25) is 0 Å². The molecule has 0 spiro atoms. The quantitative estimate of drug-likeness (QED) is 0.589. The van der Waals surface area contributed by atoms with Crippen LogP contribution < -0.4 is 5.32 Å². The van der Waals surface area contributed by atoms with Gasteiger partial charge in [0.05, 0.1) is 5.92 Å². The van der Waals surface area contributed by atoms with Gasteiger partial charge >= 0.3 is 5.97 Å². The second-order valence-corrected chi connectivity index (χ2v) is 9.13. The summed E-state index contributed by atoms with van der Waals surface area (Å²) >= 11 is 0. The third-order valence-electron chi connectivity index (χ3n) is 7.33. The molecule has 156 valence electrons. The second-order valence-electron chi connectivity index (χ2n) is 9.13. The molecule has 1 unspecified atom stereocenters. The molecule has 3 aliphatic rings. The Morgan fingerprint density at radius 2 is 2.10 bits per heavy atom. The Bertz CT molecular complexity index is 1080. The lowest BCUT2D eigenvalue weighted by Crippen LogP contribution is -2.41. The van der Waals surface area contributed by atoms with Crippen LogP contribution in [0.3, 0.4) is 0 Å². The molecule has 1 aromatic carbocycles. The lowest BCUT2D eigenvalue weighted by molar-refractivity contribution is -0.143. The number of ether oxygens (including phenoxy) is 1. The average molecular weight is 405 g/mol. The van der Waals surface area contributed by atoms with Gasteiger partial charge in [-0.1, -0.05) is 31.2 Å². The number of carbonyl (C=O) groups is 2. The summed E-state index contributed by atoms with van der Waals surface area (Å²) in [5, 5.41) is 4.74. The first-order chi connectivity index (χ1) is 14.5. The van der Waals surface area contributed by atoms with E-state index in [1.807, 2.05) is 19.1 Å². The first-order valence-corrected chi connectivity index (χ1v) is 10.9. The van der Waals surface area contributed by atoms with Crippen molar-refractivity contribution >= 4 is 22.7 Å². The highest BCUT2D eigenvalue weighted by molar-refractivity contribution is 6.05. The van der Waals surface area contributed by atoms with Crippen LogP contribution in [-0.4, -0.2) is 35.9 Å². The van der Waals surface area contributed by atoms with Crippen molar-refractivity contribution in [1.82, 2.24) is 10.3 Å². The molecule has 5 nitrogen and oxygen atoms in total. The molecule has 5 heteroatoms. The summed E-state index contributed by atoms with van der Waals surface area (Å²) in [6, 6.07) is 8.31. The van der Waals surface area contributed by atoms with Gasteiger partial charge in [0.2, 0.25) is 0 Å². The van der Waals surface area contributed by atoms with Crippen LogP contribution in [0.1, 0.15) is 32.3 Å². The van der Waals surface area contributed by atoms with E-state index >= 15 is 0 Å². The van der Waals surface area contributed by atoms with Gasteiger partial charge in [0.25, 0.3) is 0 Å². The van der Waals surface area contributed by atoms with Crippen LogP contribution >= 0.6 is 0 Å². The number of fused-ring (bicyclic) bond motifs is 4. The summed E-state index contributed by atoms with van der Waals surface area (Å²) in [5.74, 6) is -0.0881. The Labute approximate surface area is 176 Å². The summed E-state index contributed by atoms with van der Waals surface area (Å²) in [5.41, 5.74) is 4.06. The summed E-state index contributed by atoms with van der Waals surface area (Å²) < 4.78 is 5.86. The van der Waals surface area contributed by atoms with E-state index in [1.165, 1.54) is 10.9 Å². The summed E-state index contributed by atoms with van der Waals surface area (Å²) in [6.45, 7) is 5.47. The molecular weight excluding hydrogens is 376 g/mol. The lowest BCUT2D eigenvalue weighted by Gasteiger charge is -2.43. The van der Waals surface area contributed by atoms with Gasteiger partial charge in [-0.2, -0.15) is 0 Å². The highest BCUT2D eigenvalue weighted by Gasteiger charge is 2.53. The molecule has 2 heterocycles.